The zero-order chi connectivity index (χ0) is 13.5. The second kappa shape index (κ2) is 14.4. The third kappa shape index (κ3) is 12.3. The van der Waals surface area contributed by atoms with Crippen LogP contribution in [0.3, 0.4) is 0 Å². The van der Waals surface area contributed by atoms with Gasteiger partial charge in [0, 0.05) is 0 Å². The van der Waals surface area contributed by atoms with Gasteiger partial charge in [-0.2, -0.15) is 0 Å². The van der Waals surface area contributed by atoms with Crippen molar-refractivity contribution in [3.05, 3.63) is 47.8 Å². The van der Waals surface area contributed by atoms with Crippen molar-refractivity contribution in [1.29, 1.82) is 0 Å². The molecule has 0 radical (unpaired) electrons. The summed E-state index contributed by atoms with van der Waals surface area (Å²) in [5.41, 5.74) is 2.14. The predicted octanol–water partition coefficient (Wildman–Crippen LogP) is 4.43. The average molecular weight is 236 g/mol. The van der Waals surface area contributed by atoms with E-state index in [0.29, 0.717) is 0 Å². The standard InChI is InChI=1S/C7H8.C3H4N2O.2C2H6/c1-7-5-3-2-4-6-7;1-3-2-4-6-5-3;2*1-2/h2-6H,1H3;2H,1H3;2*1-2H3. The van der Waals surface area contributed by atoms with Crippen LogP contribution >= 0.6 is 0 Å². The van der Waals surface area contributed by atoms with Crippen LogP contribution in [0, 0.1) is 13.8 Å². The maximum Gasteiger partial charge on any atom is 0.102 e. The van der Waals surface area contributed by atoms with Crippen LogP contribution in [0.25, 0.3) is 0 Å². The lowest BCUT2D eigenvalue weighted by molar-refractivity contribution is 0.304. The van der Waals surface area contributed by atoms with Crippen molar-refractivity contribution in [3.63, 3.8) is 0 Å². The van der Waals surface area contributed by atoms with Crippen LogP contribution in [0.5, 0.6) is 0 Å². The Hall–Kier alpha value is -1.64. The normalized spacial score (nSPS) is 7.41. The van der Waals surface area contributed by atoms with E-state index in [9.17, 15) is 0 Å². The van der Waals surface area contributed by atoms with Gasteiger partial charge < -0.3 is 0 Å². The molecule has 0 unspecified atom stereocenters. The van der Waals surface area contributed by atoms with Crippen molar-refractivity contribution in [1.82, 2.24) is 10.3 Å². The van der Waals surface area contributed by atoms with Crippen molar-refractivity contribution < 1.29 is 4.63 Å². The first-order chi connectivity index (χ1) is 8.29. The number of aryl methyl sites for hydroxylation is 2. The molecule has 0 saturated carbocycles. The highest BCUT2D eigenvalue weighted by Gasteiger charge is 1.79. The summed E-state index contributed by atoms with van der Waals surface area (Å²) < 4.78 is 4.21. The fraction of sp³-hybridized carbons (Fsp3) is 0.429. The smallest absolute Gasteiger partial charge is 0.102 e. The highest BCUT2D eigenvalue weighted by atomic mass is 16.6. The number of hydrogen-bond acceptors (Lipinski definition) is 3. The van der Waals surface area contributed by atoms with Gasteiger partial charge in [0.25, 0.3) is 0 Å². The number of benzene rings is 1. The molecule has 1 aromatic carbocycles. The van der Waals surface area contributed by atoms with Crippen molar-refractivity contribution in [2.45, 2.75) is 41.5 Å². The first-order valence-corrected chi connectivity index (χ1v) is 6.05. The monoisotopic (exact) mass is 236 g/mol. The van der Waals surface area contributed by atoms with Gasteiger partial charge in [-0.15, -0.1) is 0 Å². The Kier molecular flexibility index (Phi) is 15.0. The van der Waals surface area contributed by atoms with Crippen LogP contribution in [-0.2, 0) is 0 Å². The molecule has 0 bridgehead atoms. The van der Waals surface area contributed by atoms with E-state index < -0.39 is 0 Å². The molecular formula is C14H24N2O. The lowest BCUT2D eigenvalue weighted by atomic mass is 10.2. The minimum absolute atomic E-state index is 0.815. The third-order valence-corrected chi connectivity index (χ3v) is 1.41. The van der Waals surface area contributed by atoms with E-state index in [1.807, 2.05) is 52.8 Å². The fourth-order valence-electron chi connectivity index (χ4n) is 0.746. The van der Waals surface area contributed by atoms with Crippen molar-refractivity contribution in [3.8, 4) is 0 Å². The van der Waals surface area contributed by atoms with Crippen LogP contribution in [0.1, 0.15) is 39.0 Å². The average Bonchev–Trinajstić information content (AvgIpc) is 2.87. The van der Waals surface area contributed by atoms with Crippen molar-refractivity contribution in [2.75, 3.05) is 0 Å². The highest BCUT2D eigenvalue weighted by Crippen LogP contribution is 1.92. The summed E-state index contributed by atoms with van der Waals surface area (Å²) in [7, 11) is 0. The second-order valence-corrected chi connectivity index (χ2v) is 2.70. The van der Waals surface area contributed by atoms with E-state index in [0.717, 1.165) is 5.69 Å². The quantitative estimate of drug-likeness (QED) is 0.679. The molecular weight excluding hydrogens is 212 g/mol. The molecule has 0 aliphatic heterocycles. The van der Waals surface area contributed by atoms with Gasteiger partial charge in [0.2, 0.25) is 0 Å². The van der Waals surface area contributed by atoms with Gasteiger partial charge in [-0.3, -0.25) is 0 Å². The maximum atomic E-state index is 4.21. The van der Waals surface area contributed by atoms with Crippen LogP contribution in [0.2, 0.25) is 0 Å². The molecule has 1 heterocycles. The zero-order valence-electron chi connectivity index (χ0n) is 11.8. The Bertz CT molecular complexity index is 317. The first kappa shape index (κ1) is 17.7. The predicted molar refractivity (Wildman–Crippen MR) is 72.9 cm³/mol. The van der Waals surface area contributed by atoms with Gasteiger partial charge in [0.1, 0.15) is 5.69 Å². The van der Waals surface area contributed by atoms with E-state index in [2.05, 4.69) is 34.0 Å². The summed E-state index contributed by atoms with van der Waals surface area (Å²) in [6.07, 6.45) is 1.56. The van der Waals surface area contributed by atoms with Crippen molar-refractivity contribution in [2.24, 2.45) is 0 Å². The zero-order valence-corrected chi connectivity index (χ0v) is 11.8. The van der Waals surface area contributed by atoms with Crippen LogP contribution in [0.15, 0.2) is 41.2 Å². The van der Waals surface area contributed by atoms with E-state index in [1.54, 1.807) is 6.20 Å². The van der Waals surface area contributed by atoms with E-state index >= 15 is 0 Å². The second-order valence-electron chi connectivity index (χ2n) is 2.70. The molecule has 0 amide bonds. The highest BCUT2D eigenvalue weighted by molar-refractivity contribution is 5.11. The molecule has 3 nitrogen and oxygen atoms in total. The largest absolute Gasteiger partial charge is 0.244 e. The number of nitrogens with zero attached hydrogens (tertiary/aromatic N) is 2. The maximum absolute atomic E-state index is 4.21. The van der Waals surface area contributed by atoms with Gasteiger partial charge in [-0.25, -0.2) is 4.63 Å². The molecule has 96 valence electrons. The molecule has 2 aromatic rings. The lowest BCUT2D eigenvalue weighted by Gasteiger charge is -1.82. The van der Waals surface area contributed by atoms with Gasteiger partial charge in [0.05, 0.1) is 6.20 Å². The summed E-state index contributed by atoms with van der Waals surface area (Å²) in [5.74, 6) is 0. The van der Waals surface area contributed by atoms with E-state index in [-0.39, 0.29) is 0 Å². The third-order valence-electron chi connectivity index (χ3n) is 1.41. The fourth-order valence-corrected chi connectivity index (χ4v) is 0.746. The summed E-state index contributed by atoms with van der Waals surface area (Å²) in [5, 5.41) is 6.77. The molecule has 0 N–H and O–H groups in total. The Labute approximate surface area is 105 Å². The molecule has 0 saturated heterocycles. The van der Waals surface area contributed by atoms with Gasteiger partial charge in [-0.1, -0.05) is 73.9 Å². The van der Waals surface area contributed by atoms with Gasteiger partial charge in [0.15, 0.2) is 0 Å². The van der Waals surface area contributed by atoms with Crippen LogP contribution in [0.4, 0.5) is 0 Å². The minimum Gasteiger partial charge on any atom is -0.244 e. The minimum atomic E-state index is 0.815. The van der Waals surface area contributed by atoms with Crippen molar-refractivity contribution >= 4 is 0 Å². The Morgan fingerprint density at radius 3 is 1.59 bits per heavy atom. The Morgan fingerprint density at radius 1 is 0.882 bits per heavy atom. The molecule has 3 heteroatoms. The lowest BCUT2D eigenvalue weighted by Crippen LogP contribution is -1.62. The topological polar surface area (TPSA) is 38.9 Å². The summed E-state index contributed by atoms with van der Waals surface area (Å²) in [6.45, 7) is 11.9. The molecule has 2 rings (SSSR count). The van der Waals surface area contributed by atoms with Crippen LogP contribution < -0.4 is 0 Å². The molecule has 0 aliphatic carbocycles. The summed E-state index contributed by atoms with van der Waals surface area (Å²) >= 11 is 0. The molecule has 0 spiro atoms. The van der Waals surface area contributed by atoms with E-state index in [1.165, 1.54) is 5.56 Å². The molecule has 0 fully saturated rings. The first-order valence-electron chi connectivity index (χ1n) is 6.05. The summed E-state index contributed by atoms with van der Waals surface area (Å²) in [6, 6.07) is 10.3. The SMILES string of the molecule is CC.CC.Cc1ccccc1.Cc1cnon1. The van der Waals surface area contributed by atoms with E-state index in [4.69, 9.17) is 0 Å². The van der Waals surface area contributed by atoms with Gasteiger partial charge >= 0.3 is 0 Å². The Morgan fingerprint density at radius 2 is 1.41 bits per heavy atom. The molecule has 1 aromatic heterocycles. The Balaban J connectivity index is 0. The van der Waals surface area contributed by atoms with Crippen LogP contribution in [-0.4, -0.2) is 10.3 Å². The summed E-state index contributed by atoms with van der Waals surface area (Å²) in [4.78, 5) is 0. The molecule has 0 atom stereocenters. The number of hydrogen-bond donors (Lipinski definition) is 0. The van der Waals surface area contributed by atoms with Gasteiger partial charge in [-0.05, 0) is 13.8 Å². The number of rotatable bonds is 0. The molecule has 0 aliphatic rings. The number of aromatic nitrogens is 2. The molecule has 17 heavy (non-hydrogen) atoms.